The van der Waals surface area contributed by atoms with E-state index >= 15 is 0 Å². The first-order valence-electron chi connectivity index (χ1n) is 7.65. The number of nitrogens with two attached hydrogens (primary N) is 1. The molecular formula is C16H27ClN2O4S. The van der Waals surface area contributed by atoms with Crippen molar-refractivity contribution in [3.63, 3.8) is 0 Å². The van der Waals surface area contributed by atoms with Crippen LogP contribution in [0.15, 0.2) is 23.1 Å². The summed E-state index contributed by atoms with van der Waals surface area (Å²) in [6.45, 7) is 6.63. The molecule has 0 amide bonds. The molecule has 1 aromatic carbocycles. The Morgan fingerprint density at radius 2 is 2.00 bits per heavy atom. The Bertz CT molecular complexity index is 649. The second-order valence-corrected chi connectivity index (χ2v) is 9.05. The fraction of sp³-hybridized carbons (Fsp3) is 0.625. The Hall–Kier alpha value is -0.860. The van der Waals surface area contributed by atoms with E-state index in [2.05, 4.69) is 0 Å². The molecule has 0 radical (unpaired) electrons. The van der Waals surface area contributed by atoms with Gasteiger partial charge in [-0.2, -0.15) is 0 Å². The highest BCUT2D eigenvalue weighted by atomic mass is 35.5. The van der Waals surface area contributed by atoms with Crippen LogP contribution in [0.4, 0.5) is 0 Å². The van der Waals surface area contributed by atoms with E-state index in [0.717, 1.165) is 0 Å². The van der Waals surface area contributed by atoms with Gasteiger partial charge in [0.1, 0.15) is 16.7 Å². The SMILES string of the molecule is COCC(C)Oc1ccc(Cl)cc1S(=O)(=O)N(C)CC(C)(C)CN. The monoisotopic (exact) mass is 378 g/mol. The van der Waals surface area contributed by atoms with Crippen LogP contribution in [0.3, 0.4) is 0 Å². The largest absolute Gasteiger partial charge is 0.487 e. The third-order valence-corrected chi connectivity index (χ3v) is 5.59. The first kappa shape index (κ1) is 21.2. The number of ether oxygens (including phenoxy) is 2. The van der Waals surface area contributed by atoms with Gasteiger partial charge in [-0.05, 0) is 37.1 Å². The summed E-state index contributed by atoms with van der Waals surface area (Å²) in [5, 5.41) is 0.326. The number of hydrogen-bond donors (Lipinski definition) is 1. The molecule has 0 bridgehead atoms. The van der Waals surface area contributed by atoms with Gasteiger partial charge in [-0.15, -0.1) is 0 Å². The van der Waals surface area contributed by atoms with Crippen LogP contribution in [-0.4, -0.2) is 52.7 Å². The third kappa shape index (κ3) is 5.60. The number of nitrogens with zero attached hydrogens (tertiary/aromatic N) is 1. The minimum atomic E-state index is -3.77. The number of sulfonamides is 1. The summed E-state index contributed by atoms with van der Waals surface area (Å²) < 4.78 is 37.9. The molecule has 8 heteroatoms. The predicted molar refractivity (Wildman–Crippen MR) is 96.1 cm³/mol. The molecule has 2 N–H and O–H groups in total. The van der Waals surface area contributed by atoms with Gasteiger partial charge in [0.2, 0.25) is 10.0 Å². The van der Waals surface area contributed by atoms with E-state index in [9.17, 15) is 8.42 Å². The van der Waals surface area contributed by atoms with Crippen molar-refractivity contribution in [3.8, 4) is 5.75 Å². The molecule has 0 saturated carbocycles. The van der Waals surface area contributed by atoms with Gasteiger partial charge in [0.25, 0.3) is 0 Å². The molecule has 0 aliphatic rings. The lowest BCUT2D eigenvalue weighted by Crippen LogP contribution is -2.39. The summed E-state index contributed by atoms with van der Waals surface area (Å²) in [6.07, 6.45) is -0.295. The fourth-order valence-corrected chi connectivity index (χ4v) is 3.92. The van der Waals surface area contributed by atoms with E-state index in [1.807, 2.05) is 13.8 Å². The third-order valence-electron chi connectivity index (χ3n) is 3.53. The molecule has 0 heterocycles. The molecule has 0 aliphatic heterocycles. The molecule has 0 aliphatic carbocycles. The van der Waals surface area contributed by atoms with Gasteiger partial charge in [-0.1, -0.05) is 25.4 Å². The zero-order chi connectivity index (χ0) is 18.5. The van der Waals surface area contributed by atoms with Crippen LogP contribution in [0.2, 0.25) is 5.02 Å². The van der Waals surface area contributed by atoms with E-state index < -0.39 is 10.0 Å². The molecule has 1 rings (SSSR count). The van der Waals surface area contributed by atoms with Crippen molar-refractivity contribution in [2.45, 2.75) is 31.8 Å². The van der Waals surface area contributed by atoms with Crippen molar-refractivity contribution >= 4 is 21.6 Å². The van der Waals surface area contributed by atoms with Crippen molar-refractivity contribution in [1.82, 2.24) is 4.31 Å². The van der Waals surface area contributed by atoms with Crippen LogP contribution in [0.25, 0.3) is 0 Å². The average molecular weight is 379 g/mol. The Kier molecular flexibility index (Phi) is 7.49. The smallest absolute Gasteiger partial charge is 0.246 e. The molecule has 1 atom stereocenters. The molecule has 1 aromatic rings. The fourth-order valence-electron chi connectivity index (χ4n) is 2.19. The van der Waals surface area contributed by atoms with Gasteiger partial charge in [0.15, 0.2) is 0 Å². The maximum absolute atomic E-state index is 13.0. The van der Waals surface area contributed by atoms with E-state index in [4.69, 9.17) is 26.8 Å². The summed E-state index contributed by atoms with van der Waals surface area (Å²) in [7, 11) is -0.687. The Balaban J connectivity index is 3.20. The zero-order valence-electron chi connectivity index (χ0n) is 14.9. The minimum absolute atomic E-state index is 0.0354. The van der Waals surface area contributed by atoms with Gasteiger partial charge in [-0.25, -0.2) is 12.7 Å². The quantitative estimate of drug-likeness (QED) is 0.713. The second kappa shape index (κ2) is 8.49. The number of benzene rings is 1. The number of halogens is 1. The van der Waals surface area contributed by atoms with Crippen LogP contribution >= 0.6 is 11.6 Å². The number of hydrogen-bond acceptors (Lipinski definition) is 5. The van der Waals surface area contributed by atoms with Crippen molar-refractivity contribution in [2.24, 2.45) is 11.1 Å². The molecular weight excluding hydrogens is 352 g/mol. The summed E-state index contributed by atoms with van der Waals surface area (Å²) in [4.78, 5) is 0.0354. The maximum Gasteiger partial charge on any atom is 0.246 e. The number of rotatable bonds is 9. The normalized spacial score (nSPS) is 14.0. The Morgan fingerprint density at radius 1 is 1.38 bits per heavy atom. The molecule has 1 unspecified atom stereocenters. The zero-order valence-corrected chi connectivity index (χ0v) is 16.4. The molecule has 6 nitrogen and oxygen atoms in total. The van der Waals surface area contributed by atoms with Gasteiger partial charge in [-0.3, -0.25) is 0 Å². The van der Waals surface area contributed by atoms with E-state index in [1.165, 1.54) is 17.4 Å². The van der Waals surface area contributed by atoms with Crippen molar-refractivity contribution in [3.05, 3.63) is 23.2 Å². The van der Waals surface area contributed by atoms with Crippen LogP contribution in [0, 0.1) is 5.41 Å². The highest BCUT2D eigenvalue weighted by Gasteiger charge is 2.30. The van der Waals surface area contributed by atoms with Gasteiger partial charge in [0, 0.05) is 25.7 Å². The van der Waals surface area contributed by atoms with Crippen LogP contribution in [0.1, 0.15) is 20.8 Å². The summed E-state index contributed by atoms with van der Waals surface area (Å²) in [5.74, 6) is 0.251. The molecule has 24 heavy (non-hydrogen) atoms. The van der Waals surface area contributed by atoms with Crippen LogP contribution < -0.4 is 10.5 Å². The lowest BCUT2D eigenvalue weighted by atomic mass is 9.94. The lowest BCUT2D eigenvalue weighted by Gasteiger charge is -2.29. The highest BCUT2D eigenvalue weighted by molar-refractivity contribution is 7.89. The summed E-state index contributed by atoms with van der Waals surface area (Å²) >= 11 is 6.00. The summed E-state index contributed by atoms with van der Waals surface area (Å²) in [5.41, 5.74) is 5.37. The molecule has 0 aromatic heterocycles. The first-order valence-corrected chi connectivity index (χ1v) is 9.47. The van der Waals surface area contributed by atoms with Crippen molar-refractivity contribution in [1.29, 1.82) is 0 Å². The predicted octanol–water partition coefficient (Wildman–Crippen LogP) is 2.36. The Morgan fingerprint density at radius 3 is 2.54 bits per heavy atom. The standard InChI is InChI=1S/C16H27ClN2O4S/c1-12(9-22-5)23-14-7-6-13(17)8-15(14)24(20,21)19(4)11-16(2,3)10-18/h6-8,12H,9-11,18H2,1-5H3. The van der Waals surface area contributed by atoms with E-state index in [0.29, 0.717) is 18.2 Å². The first-order chi connectivity index (χ1) is 11.0. The van der Waals surface area contributed by atoms with Gasteiger partial charge in [0.05, 0.1) is 6.61 Å². The lowest BCUT2D eigenvalue weighted by molar-refractivity contribution is 0.0900. The molecule has 138 valence electrons. The van der Waals surface area contributed by atoms with Gasteiger partial charge >= 0.3 is 0 Å². The molecule has 0 spiro atoms. The second-order valence-electron chi connectivity index (χ2n) is 6.60. The number of methoxy groups -OCH3 is 1. The van der Waals surface area contributed by atoms with E-state index in [-0.39, 0.29) is 28.7 Å². The van der Waals surface area contributed by atoms with Gasteiger partial charge < -0.3 is 15.2 Å². The van der Waals surface area contributed by atoms with Crippen LogP contribution in [-0.2, 0) is 14.8 Å². The maximum atomic E-state index is 13.0. The van der Waals surface area contributed by atoms with E-state index in [1.54, 1.807) is 26.2 Å². The Labute approximate surface area is 149 Å². The topological polar surface area (TPSA) is 81.9 Å². The van der Waals surface area contributed by atoms with Crippen molar-refractivity contribution < 1.29 is 17.9 Å². The molecule has 0 saturated heterocycles. The summed E-state index contributed by atoms with van der Waals surface area (Å²) in [6, 6.07) is 4.56. The van der Waals surface area contributed by atoms with Crippen LogP contribution in [0.5, 0.6) is 5.75 Å². The molecule has 0 fully saturated rings. The minimum Gasteiger partial charge on any atom is -0.487 e. The average Bonchev–Trinajstić information content (AvgIpc) is 2.48. The highest BCUT2D eigenvalue weighted by Crippen LogP contribution is 2.31. The van der Waals surface area contributed by atoms with Crippen molar-refractivity contribution in [2.75, 3.05) is 33.9 Å².